The van der Waals surface area contributed by atoms with Gasteiger partial charge in [-0.2, -0.15) is 0 Å². The molecule has 3 aromatic rings. The summed E-state index contributed by atoms with van der Waals surface area (Å²) in [6, 6.07) is 5.18. The van der Waals surface area contributed by atoms with Crippen molar-refractivity contribution in [3.05, 3.63) is 64.8 Å². The molecule has 0 fully saturated rings. The van der Waals surface area contributed by atoms with Gasteiger partial charge in [0.15, 0.2) is 5.96 Å². The number of nitrogens with zero attached hydrogens (tertiary/aromatic N) is 4. The van der Waals surface area contributed by atoms with Gasteiger partial charge in [0.2, 0.25) is 0 Å². The van der Waals surface area contributed by atoms with Crippen molar-refractivity contribution in [3.63, 3.8) is 0 Å². The number of hydrogen-bond donors (Lipinski definition) is 2. The van der Waals surface area contributed by atoms with Crippen molar-refractivity contribution in [3.8, 4) is 5.69 Å². The van der Waals surface area contributed by atoms with Crippen LogP contribution in [-0.2, 0) is 25.9 Å². The molecule has 0 unspecified atom stereocenters. The minimum absolute atomic E-state index is 0. The Kier molecular flexibility index (Phi) is 8.82. The molecule has 1 aromatic carbocycles. The lowest BCUT2D eigenvalue weighted by molar-refractivity contribution is 0.380. The lowest BCUT2D eigenvalue weighted by Gasteiger charge is -2.13. The van der Waals surface area contributed by atoms with Crippen LogP contribution in [-0.4, -0.2) is 27.7 Å². The van der Waals surface area contributed by atoms with Gasteiger partial charge in [-0.05, 0) is 31.0 Å². The first-order valence-electron chi connectivity index (χ1n) is 9.76. The number of rotatable bonds is 7. The predicted octanol–water partition coefficient (Wildman–Crippen LogP) is 3.92. The summed E-state index contributed by atoms with van der Waals surface area (Å²) in [4.78, 5) is 8.39. The van der Waals surface area contributed by atoms with Crippen molar-refractivity contribution < 1.29 is 8.91 Å². The summed E-state index contributed by atoms with van der Waals surface area (Å²) in [7, 11) is 1.70. The number of guanidine groups is 1. The van der Waals surface area contributed by atoms with Gasteiger partial charge in [0.05, 0.1) is 11.4 Å². The molecule has 0 amide bonds. The first kappa shape index (κ1) is 23.8. The van der Waals surface area contributed by atoms with Crippen LogP contribution in [0.1, 0.15) is 42.3 Å². The van der Waals surface area contributed by atoms with Gasteiger partial charge in [-0.25, -0.2) is 9.37 Å². The topological polar surface area (TPSA) is 80.3 Å². The Morgan fingerprint density at radius 2 is 1.97 bits per heavy atom. The molecule has 0 radical (unpaired) electrons. The monoisotopic (exact) mass is 526 g/mol. The normalized spacial score (nSPS) is 11.3. The molecule has 0 aliphatic carbocycles. The highest BCUT2D eigenvalue weighted by Crippen LogP contribution is 2.17. The summed E-state index contributed by atoms with van der Waals surface area (Å²) >= 11 is 0. The summed E-state index contributed by atoms with van der Waals surface area (Å²) in [5, 5.41) is 10.6. The molecule has 30 heavy (non-hydrogen) atoms. The van der Waals surface area contributed by atoms with Crippen LogP contribution in [0.15, 0.2) is 40.1 Å². The number of halogens is 2. The van der Waals surface area contributed by atoms with E-state index in [0.717, 1.165) is 41.2 Å². The third-order valence-electron chi connectivity index (χ3n) is 4.82. The van der Waals surface area contributed by atoms with Crippen LogP contribution in [0, 0.1) is 12.7 Å². The van der Waals surface area contributed by atoms with E-state index in [1.807, 2.05) is 19.9 Å². The average Bonchev–Trinajstić information content (AvgIpc) is 3.33. The molecule has 0 atom stereocenters. The van der Waals surface area contributed by atoms with E-state index in [1.54, 1.807) is 30.1 Å². The fraction of sp³-hybridized carbons (Fsp3) is 0.381. The maximum atomic E-state index is 14.6. The van der Waals surface area contributed by atoms with Crippen molar-refractivity contribution in [2.75, 3.05) is 7.05 Å². The molecule has 3 rings (SSSR count). The van der Waals surface area contributed by atoms with E-state index in [2.05, 4.69) is 32.7 Å². The molecule has 0 bridgehead atoms. The minimum atomic E-state index is -0.294. The fourth-order valence-corrected chi connectivity index (χ4v) is 3.20. The molecule has 0 saturated heterocycles. The first-order valence-corrected chi connectivity index (χ1v) is 9.76. The molecule has 0 spiro atoms. The minimum Gasteiger partial charge on any atom is -0.361 e. The Hall–Kier alpha value is -2.43. The largest absolute Gasteiger partial charge is 0.361 e. The van der Waals surface area contributed by atoms with Crippen LogP contribution in [0.2, 0.25) is 0 Å². The Morgan fingerprint density at radius 3 is 2.57 bits per heavy atom. The lowest BCUT2D eigenvalue weighted by atomic mass is 10.1. The summed E-state index contributed by atoms with van der Waals surface area (Å²) in [5.41, 5.74) is 3.33. The molecule has 7 nitrogen and oxygen atoms in total. The summed E-state index contributed by atoms with van der Waals surface area (Å²) in [6.45, 7) is 6.96. The Morgan fingerprint density at radius 1 is 1.20 bits per heavy atom. The maximum absolute atomic E-state index is 14.6. The quantitative estimate of drug-likeness (QED) is 0.277. The van der Waals surface area contributed by atoms with Crippen LogP contribution in [0.25, 0.3) is 5.69 Å². The second-order valence-corrected chi connectivity index (χ2v) is 6.65. The van der Waals surface area contributed by atoms with Crippen molar-refractivity contribution in [1.29, 1.82) is 0 Å². The number of hydrogen-bond acceptors (Lipinski definition) is 4. The Labute approximate surface area is 193 Å². The predicted molar refractivity (Wildman–Crippen MR) is 126 cm³/mol. The number of benzene rings is 1. The van der Waals surface area contributed by atoms with E-state index >= 15 is 0 Å². The molecule has 0 saturated carbocycles. The van der Waals surface area contributed by atoms with Crippen molar-refractivity contribution in [2.45, 2.75) is 46.7 Å². The molecule has 0 aliphatic rings. The molecule has 2 N–H and O–H groups in total. The van der Waals surface area contributed by atoms with E-state index in [0.29, 0.717) is 24.7 Å². The van der Waals surface area contributed by atoms with Gasteiger partial charge in [0, 0.05) is 44.5 Å². The summed E-state index contributed by atoms with van der Waals surface area (Å²) in [5.74, 6) is 1.96. The SMILES string of the molecule is CCc1noc(CC)c1CNC(=NC)NCc1ccc(-n2ccnc2C)c(F)c1.I. The Balaban J connectivity index is 0.00000320. The van der Waals surface area contributed by atoms with Gasteiger partial charge in [0.1, 0.15) is 17.4 Å². The van der Waals surface area contributed by atoms with Crippen LogP contribution in [0.5, 0.6) is 0 Å². The van der Waals surface area contributed by atoms with Gasteiger partial charge >= 0.3 is 0 Å². The van der Waals surface area contributed by atoms with Crippen LogP contribution in [0.4, 0.5) is 4.39 Å². The molecule has 0 aliphatic heterocycles. The first-order chi connectivity index (χ1) is 14.1. The summed E-state index contributed by atoms with van der Waals surface area (Å²) < 4.78 is 21.7. The number of aliphatic imine (C=N–C) groups is 1. The molecule has 9 heteroatoms. The van der Waals surface area contributed by atoms with Crippen LogP contribution >= 0.6 is 24.0 Å². The summed E-state index contributed by atoms with van der Waals surface area (Å²) in [6.07, 6.45) is 5.01. The van der Waals surface area contributed by atoms with Gasteiger partial charge in [0.25, 0.3) is 0 Å². The van der Waals surface area contributed by atoms with Crippen molar-refractivity contribution in [1.82, 2.24) is 25.3 Å². The average molecular weight is 526 g/mol. The zero-order valence-corrected chi connectivity index (χ0v) is 20.0. The second kappa shape index (κ2) is 11.1. The van der Waals surface area contributed by atoms with Gasteiger partial charge in [-0.3, -0.25) is 4.99 Å². The van der Waals surface area contributed by atoms with Crippen LogP contribution in [0.3, 0.4) is 0 Å². The molecular formula is C21H28FIN6O. The highest BCUT2D eigenvalue weighted by atomic mass is 127. The van der Waals surface area contributed by atoms with Crippen molar-refractivity contribution >= 4 is 29.9 Å². The third kappa shape index (κ3) is 5.38. The zero-order chi connectivity index (χ0) is 20.8. The zero-order valence-electron chi connectivity index (χ0n) is 17.7. The molecule has 162 valence electrons. The highest BCUT2D eigenvalue weighted by Gasteiger charge is 2.14. The lowest BCUT2D eigenvalue weighted by Crippen LogP contribution is -2.36. The van der Waals surface area contributed by atoms with Crippen LogP contribution < -0.4 is 10.6 Å². The fourth-order valence-electron chi connectivity index (χ4n) is 3.20. The molecular weight excluding hydrogens is 498 g/mol. The van der Waals surface area contributed by atoms with Gasteiger partial charge < -0.3 is 19.7 Å². The second-order valence-electron chi connectivity index (χ2n) is 6.65. The number of imidazole rings is 1. The van der Waals surface area contributed by atoms with E-state index in [-0.39, 0.29) is 29.8 Å². The van der Waals surface area contributed by atoms with E-state index in [1.165, 1.54) is 6.07 Å². The van der Waals surface area contributed by atoms with E-state index < -0.39 is 0 Å². The molecule has 2 aromatic heterocycles. The van der Waals surface area contributed by atoms with E-state index in [9.17, 15) is 4.39 Å². The van der Waals surface area contributed by atoms with Gasteiger partial charge in [-0.1, -0.05) is 25.1 Å². The van der Waals surface area contributed by atoms with E-state index in [4.69, 9.17) is 4.52 Å². The van der Waals surface area contributed by atoms with Crippen molar-refractivity contribution in [2.24, 2.45) is 4.99 Å². The standard InChI is InChI=1S/C21H27FN6O.HI/c1-5-18-16(20(6-2)29-27-18)13-26-21(23-4)25-12-15-7-8-19(17(22)11-15)28-10-9-24-14(28)3;/h7-11H,5-6,12-13H2,1-4H3,(H2,23,25,26);1H. The number of aryl methyl sites for hydroxylation is 3. The molecule has 2 heterocycles. The number of aromatic nitrogens is 3. The highest BCUT2D eigenvalue weighted by molar-refractivity contribution is 14.0. The maximum Gasteiger partial charge on any atom is 0.191 e. The third-order valence-corrected chi connectivity index (χ3v) is 4.82. The smallest absolute Gasteiger partial charge is 0.191 e. The number of nitrogens with one attached hydrogen (secondary N) is 2. The Bertz CT molecular complexity index is 976. The van der Waals surface area contributed by atoms with Gasteiger partial charge in [-0.15, -0.1) is 24.0 Å².